The molecule has 2 aromatic carbocycles. The van der Waals surface area contributed by atoms with Gasteiger partial charge in [-0.1, -0.05) is 36.4 Å². The number of aryl methyl sites for hydroxylation is 1. The van der Waals surface area contributed by atoms with Gasteiger partial charge in [0.15, 0.2) is 0 Å². The molecule has 0 aliphatic carbocycles. The molecule has 1 aliphatic rings. The van der Waals surface area contributed by atoms with E-state index in [1.165, 1.54) is 15.9 Å². The number of morpholine rings is 1. The monoisotopic (exact) mass is 497 g/mol. The van der Waals surface area contributed by atoms with Gasteiger partial charge in [0.25, 0.3) is 0 Å². The van der Waals surface area contributed by atoms with Crippen LogP contribution in [0.3, 0.4) is 0 Å². The van der Waals surface area contributed by atoms with Gasteiger partial charge in [0, 0.05) is 37.1 Å². The van der Waals surface area contributed by atoms with Crippen molar-refractivity contribution in [1.29, 1.82) is 0 Å². The molecular weight excluding hydrogens is 466 g/mol. The van der Waals surface area contributed by atoms with Crippen molar-refractivity contribution in [2.24, 2.45) is 0 Å². The van der Waals surface area contributed by atoms with Crippen LogP contribution in [0.15, 0.2) is 65.8 Å². The van der Waals surface area contributed by atoms with E-state index in [9.17, 15) is 13.2 Å². The molecule has 186 valence electrons. The summed E-state index contributed by atoms with van der Waals surface area (Å²) in [6.07, 6.45) is 3.78. The predicted molar refractivity (Wildman–Crippen MR) is 133 cm³/mol. The Hall–Kier alpha value is -3.05. The highest BCUT2D eigenvalue weighted by atomic mass is 32.2. The molecule has 1 aliphatic heterocycles. The lowest BCUT2D eigenvalue weighted by Gasteiger charge is -2.26. The molecule has 35 heavy (non-hydrogen) atoms. The van der Waals surface area contributed by atoms with Crippen molar-refractivity contribution in [2.75, 3.05) is 45.2 Å². The third-order valence-electron chi connectivity index (χ3n) is 5.83. The van der Waals surface area contributed by atoms with Crippen molar-refractivity contribution < 1.29 is 17.9 Å². The Labute approximate surface area is 206 Å². The van der Waals surface area contributed by atoms with Crippen LogP contribution in [-0.4, -0.2) is 73.2 Å². The highest BCUT2D eigenvalue weighted by molar-refractivity contribution is 7.89. The highest BCUT2D eigenvalue weighted by Crippen LogP contribution is 2.23. The second-order valence-corrected chi connectivity index (χ2v) is 10.7. The Kier molecular flexibility index (Phi) is 7.97. The zero-order valence-corrected chi connectivity index (χ0v) is 20.9. The van der Waals surface area contributed by atoms with Crippen LogP contribution in [0.5, 0.6) is 0 Å². The lowest BCUT2D eigenvalue weighted by Crippen LogP contribution is -2.40. The molecule has 1 amide bonds. The standard InChI is InChI=1S/C25H31N5O4S/c1-20-8-9-23(35(32,33)30-10-12-34-13-11-30)14-24(20)27-25(31)19-28(2)16-22-15-26-29(18-22)17-21-6-4-3-5-7-21/h3-9,14-15,18H,10-13,16-17,19H2,1-2H3,(H,27,31). The average Bonchev–Trinajstić information content (AvgIpc) is 3.27. The fraction of sp³-hybridized carbons (Fsp3) is 0.360. The number of rotatable bonds is 9. The van der Waals surface area contributed by atoms with E-state index in [1.54, 1.807) is 12.1 Å². The van der Waals surface area contributed by atoms with Gasteiger partial charge in [-0.15, -0.1) is 0 Å². The summed E-state index contributed by atoms with van der Waals surface area (Å²) in [6.45, 7) is 4.66. The summed E-state index contributed by atoms with van der Waals surface area (Å²) in [5.74, 6) is -0.215. The van der Waals surface area contributed by atoms with Gasteiger partial charge in [0.2, 0.25) is 15.9 Å². The molecule has 10 heteroatoms. The highest BCUT2D eigenvalue weighted by Gasteiger charge is 2.27. The van der Waals surface area contributed by atoms with Crippen LogP contribution in [0.2, 0.25) is 0 Å². The molecule has 0 atom stereocenters. The third kappa shape index (κ3) is 6.55. The molecule has 0 bridgehead atoms. The maximum atomic E-state index is 13.0. The number of likely N-dealkylation sites (N-methyl/N-ethyl adjacent to an activating group) is 1. The first-order valence-corrected chi connectivity index (χ1v) is 13.0. The number of sulfonamides is 1. The fourth-order valence-corrected chi connectivity index (χ4v) is 5.41. The number of nitrogens with one attached hydrogen (secondary N) is 1. The second kappa shape index (κ2) is 11.1. The summed E-state index contributed by atoms with van der Waals surface area (Å²) >= 11 is 0. The number of hydrogen-bond donors (Lipinski definition) is 1. The topological polar surface area (TPSA) is 96.8 Å². The molecule has 0 spiro atoms. The van der Waals surface area contributed by atoms with Crippen molar-refractivity contribution in [3.8, 4) is 0 Å². The van der Waals surface area contributed by atoms with Crippen molar-refractivity contribution in [3.63, 3.8) is 0 Å². The molecule has 0 radical (unpaired) electrons. The van der Waals surface area contributed by atoms with Crippen LogP contribution >= 0.6 is 0 Å². The van der Waals surface area contributed by atoms with Gasteiger partial charge in [0.1, 0.15) is 0 Å². The van der Waals surface area contributed by atoms with Crippen LogP contribution in [0, 0.1) is 6.92 Å². The predicted octanol–water partition coefficient (Wildman–Crippen LogP) is 2.33. The number of ether oxygens (including phenoxy) is 1. The lowest BCUT2D eigenvalue weighted by molar-refractivity contribution is -0.117. The first kappa shape index (κ1) is 25.1. The zero-order chi connectivity index (χ0) is 24.8. The molecule has 0 unspecified atom stereocenters. The van der Waals surface area contributed by atoms with Gasteiger partial charge in [-0.3, -0.25) is 14.4 Å². The van der Waals surface area contributed by atoms with Crippen LogP contribution in [-0.2, 0) is 32.6 Å². The minimum atomic E-state index is -3.64. The summed E-state index contributed by atoms with van der Waals surface area (Å²) in [5, 5.41) is 7.29. The summed E-state index contributed by atoms with van der Waals surface area (Å²) in [6, 6.07) is 14.9. The summed E-state index contributed by atoms with van der Waals surface area (Å²) in [5.41, 5.74) is 3.46. The van der Waals surface area contributed by atoms with Gasteiger partial charge >= 0.3 is 0 Å². The van der Waals surface area contributed by atoms with E-state index in [0.29, 0.717) is 45.1 Å². The minimum absolute atomic E-state index is 0.156. The largest absolute Gasteiger partial charge is 0.379 e. The molecule has 3 aromatic rings. The normalized spacial score (nSPS) is 14.8. The van der Waals surface area contributed by atoms with E-state index in [1.807, 2.05) is 54.1 Å². The Morgan fingerprint density at radius 3 is 2.60 bits per heavy atom. The Morgan fingerprint density at radius 1 is 1.11 bits per heavy atom. The molecule has 2 heterocycles. The maximum Gasteiger partial charge on any atom is 0.243 e. The van der Waals surface area contributed by atoms with E-state index >= 15 is 0 Å². The molecule has 9 nitrogen and oxygen atoms in total. The van der Waals surface area contributed by atoms with Crippen molar-refractivity contribution in [3.05, 3.63) is 77.6 Å². The number of carbonyl (C=O) groups is 1. The van der Waals surface area contributed by atoms with E-state index in [4.69, 9.17) is 4.74 Å². The zero-order valence-electron chi connectivity index (χ0n) is 20.1. The Morgan fingerprint density at radius 2 is 1.86 bits per heavy atom. The van der Waals surface area contributed by atoms with E-state index in [-0.39, 0.29) is 17.3 Å². The number of aromatic nitrogens is 2. The van der Waals surface area contributed by atoms with Crippen LogP contribution < -0.4 is 5.32 Å². The lowest BCUT2D eigenvalue weighted by atomic mass is 10.2. The summed E-state index contributed by atoms with van der Waals surface area (Å²) in [7, 11) is -1.78. The van der Waals surface area contributed by atoms with Crippen LogP contribution in [0.1, 0.15) is 16.7 Å². The van der Waals surface area contributed by atoms with Gasteiger partial charge in [-0.05, 0) is 37.2 Å². The van der Waals surface area contributed by atoms with Crippen molar-refractivity contribution >= 4 is 21.6 Å². The smallest absolute Gasteiger partial charge is 0.243 e. The first-order valence-electron chi connectivity index (χ1n) is 11.5. The number of hydrogen-bond acceptors (Lipinski definition) is 6. The minimum Gasteiger partial charge on any atom is -0.379 e. The van der Waals surface area contributed by atoms with Crippen molar-refractivity contribution in [2.45, 2.75) is 24.9 Å². The quantitative estimate of drug-likeness (QED) is 0.488. The van der Waals surface area contributed by atoms with E-state index in [0.717, 1.165) is 11.1 Å². The Balaban J connectivity index is 1.34. The van der Waals surface area contributed by atoms with Gasteiger partial charge in [-0.2, -0.15) is 9.40 Å². The number of benzene rings is 2. The van der Waals surface area contributed by atoms with E-state index in [2.05, 4.69) is 22.5 Å². The van der Waals surface area contributed by atoms with Crippen molar-refractivity contribution in [1.82, 2.24) is 19.0 Å². The molecular formula is C25H31N5O4S. The Bertz CT molecular complexity index is 1250. The molecule has 1 aromatic heterocycles. The second-order valence-electron chi connectivity index (χ2n) is 8.75. The van der Waals surface area contributed by atoms with Gasteiger partial charge in [-0.25, -0.2) is 8.42 Å². The molecule has 4 rings (SSSR count). The number of carbonyl (C=O) groups excluding carboxylic acids is 1. The molecule has 1 fully saturated rings. The summed E-state index contributed by atoms with van der Waals surface area (Å²) in [4.78, 5) is 14.8. The van der Waals surface area contributed by atoms with Crippen LogP contribution in [0.4, 0.5) is 5.69 Å². The first-order chi connectivity index (χ1) is 16.8. The third-order valence-corrected chi connectivity index (χ3v) is 7.73. The molecule has 0 saturated carbocycles. The fourth-order valence-electron chi connectivity index (χ4n) is 3.98. The maximum absolute atomic E-state index is 13.0. The van der Waals surface area contributed by atoms with E-state index < -0.39 is 10.0 Å². The molecule has 1 saturated heterocycles. The van der Waals surface area contributed by atoms with Crippen LogP contribution in [0.25, 0.3) is 0 Å². The van der Waals surface area contributed by atoms with Gasteiger partial charge in [0.05, 0.1) is 37.4 Å². The average molecular weight is 498 g/mol. The number of nitrogens with zero attached hydrogens (tertiary/aromatic N) is 4. The number of amides is 1. The SMILES string of the molecule is Cc1ccc(S(=O)(=O)N2CCOCC2)cc1NC(=O)CN(C)Cc1cnn(Cc2ccccc2)c1. The summed E-state index contributed by atoms with van der Waals surface area (Å²) < 4.78 is 34.5. The number of anilines is 1. The molecule has 1 N–H and O–H groups in total. The van der Waals surface area contributed by atoms with Gasteiger partial charge < -0.3 is 10.1 Å².